The minimum Gasteiger partial charge on any atom is -0.489 e. The molecule has 0 saturated carbocycles. The fourth-order valence-electron chi connectivity index (χ4n) is 1.67. The van der Waals surface area contributed by atoms with E-state index < -0.39 is 11.6 Å². The van der Waals surface area contributed by atoms with E-state index in [1.165, 1.54) is 36.4 Å². The molecule has 2 aromatic carbocycles. The minimum atomic E-state index is -0.514. The molecule has 21 heavy (non-hydrogen) atoms. The zero-order valence-electron chi connectivity index (χ0n) is 10.9. The molecule has 0 fully saturated rings. The Morgan fingerprint density at radius 3 is 2.67 bits per heavy atom. The van der Waals surface area contributed by atoms with Crippen molar-refractivity contribution < 1.29 is 18.6 Å². The van der Waals surface area contributed by atoms with Gasteiger partial charge in [-0.2, -0.15) is 0 Å². The Bertz CT molecular complexity index is 705. The maximum absolute atomic E-state index is 13.4. The van der Waals surface area contributed by atoms with Crippen LogP contribution in [0.2, 0.25) is 5.02 Å². The molecule has 0 aliphatic heterocycles. The van der Waals surface area contributed by atoms with Crippen molar-refractivity contribution in [1.82, 2.24) is 0 Å². The average molecular weight is 309 g/mol. The van der Waals surface area contributed by atoms with E-state index in [0.29, 0.717) is 16.1 Å². The fourth-order valence-corrected chi connectivity index (χ4v) is 1.85. The summed E-state index contributed by atoms with van der Waals surface area (Å²) < 4.78 is 32.0. The lowest BCUT2D eigenvalue weighted by Gasteiger charge is -2.08. The highest BCUT2D eigenvalue weighted by Crippen LogP contribution is 2.21. The molecule has 0 unspecified atom stereocenters. The van der Waals surface area contributed by atoms with Crippen LogP contribution in [-0.4, -0.2) is 11.7 Å². The van der Waals surface area contributed by atoms with E-state index in [-0.39, 0.29) is 19.0 Å². The third-order valence-electron chi connectivity index (χ3n) is 2.59. The van der Waals surface area contributed by atoms with Gasteiger partial charge in [0.15, 0.2) is 0 Å². The summed E-state index contributed by atoms with van der Waals surface area (Å²) in [6.07, 6.45) is 0. The first kappa shape index (κ1) is 15.3. The van der Waals surface area contributed by atoms with E-state index in [1.807, 2.05) is 0 Å². The summed E-state index contributed by atoms with van der Waals surface area (Å²) in [5.41, 5.74) is 0.841. The van der Waals surface area contributed by atoms with Crippen molar-refractivity contribution in [2.24, 2.45) is 0 Å². The van der Waals surface area contributed by atoms with Gasteiger partial charge in [-0.25, -0.2) is 8.78 Å². The van der Waals surface area contributed by atoms with E-state index in [1.54, 1.807) is 0 Å². The summed E-state index contributed by atoms with van der Waals surface area (Å²) >= 11 is 5.92. The minimum absolute atomic E-state index is 0.00686. The van der Waals surface area contributed by atoms with Gasteiger partial charge in [0.05, 0.1) is 0 Å². The normalized spacial score (nSPS) is 9.90. The second-order valence-corrected chi connectivity index (χ2v) is 4.57. The molecule has 0 radical (unpaired) electrons. The van der Waals surface area contributed by atoms with Crippen LogP contribution in [0.5, 0.6) is 5.75 Å². The number of rotatable bonds is 3. The van der Waals surface area contributed by atoms with E-state index in [4.69, 9.17) is 21.4 Å². The summed E-state index contributed by atoms with van der Waals surface area (Å²) in [7, 11) is 0. The van der Waals surface area contributed by atoms with Crippen LogP contribution in [-0.2, 0) is 6.61 Å². The smallest absolute Gasteiger partial charge is 0.128 e. The lowest BCUT2D eigenvalue weighted by atomic mass is 10.2. The van der Waals surface area contributed by atoms with Gasteiger partial charge in [0.2, 0.25) is 0 Å². The third kappa shape index (κ3) is 4.45. The average Bonchev–Trinajstić information content (AvgIpc) is 2.45. The molecule has 0 aliphatic rings. The van der Waals surface area contributed by atoms with Gasteiger partial charge in [0.25, 0.3) is 0 Å². The first-order valence-corrected chi connectivity index (χ1v) is 6.43. The molecule has 0 saturated heterocycles. The molecule has 5 heteroatoms. The zero-order chi connectivity index (χ0) is 15.2. The Morgan fingerprint density at radius 1 is 1.10 bits per heavy atom. The van der Waals surface area contributed by atoms with Crippen LogP contribution < -0.4 is 4.74 Å². The van der Waals surface area contributed by atoms with Crippen LogP contribution in [0.15, 0.2) is 36.4 Å². The van der Waals surface area contributed by atoms with Gasteiger partial charge in [-0.1, -0.05) is 23.4 Å². The van der Waals surface area contributed by atoms with Gasteiger partial charge in [-0.05, 0) is 30.3 Å². The number of ether oxygens (including phenoxy) is 1. The topological polar surface area (TPSA) is 29.5 Å². The quantitative estimate of drug-likeness (QED) is 0.879. The molecular formula is C16H11ClF2O2. The van der Waals surface area contributed by atoms with Crippen molar-refractivity contribution in [2.45, 2.75) is 6.61 Å². The monoisotopic (exact) mass is 308 g/mol. The molecule has 0 aliphatic carbocycles. The van der Waals surface area contributed by atoms with Crippen LogP contribution in [0.1, 0.15) is 11.1 Å². The Kier molecular flexibility index (Phi) is 5.15. The SMILES string of the molecule is OCC#Cc1cc(F)cc(OCc2cc(F)ccc2Cl)c1. The number of halogens is 3. The highest BCUT2D eigenvalue weighted by Gasteiger charge is 2.05. The summed E-state index contributed by atoms with van der Waals surface area (Å²) in [4.78, 5) is 0. The van der Waals surface area contributed by atoms with Gasteiger partial charge in [0.1, 0.15) is 30.6 Å². The summed E-state index contributed by atoms with van der Waals surface area (Å²) in [5, 5.41) is 8.99. The Labute approximate surface area is 125 Å². The summed E-state index contributed by atoms with van der Waals surface area (Å²) in [6.45, 7) is -0.307. The number of hydrogen-bond acceptors (Lipinski definition) is 2. The maximum atomic E-state index is 13.4. The highest BCUT2D eigenvalue weighted by atomic mass is 35.5. The van der Waals surface area contributed by atoms with Crippen molar-refractivity contribution in [2.75, 3.05) is 6.61 Å². The molecule has 2 nitrogen and oxygen atoms in total. The summed E-state index contributed by atoms with van der Waals surface area (Å²) in [5.74, 6) is 4.32. The van der Waals surface area contributed by atoms with Gasteiger partial charge in [0, 0.05) is 22.2 Å². The second kappa shape index (κ2) is 7.07. The van der Waals surface area contributed by atoms with Gasteiger partial charge in [-0.15, -0.1) is 0 Å². The third-order valence-corrected chi connectivity index (χ3v) is 2.95. The van der Waals surface area contributed by atoms with Crippen molar-refractivity contribution in [3.8, 4) is 17.6 Å². The molecule has 0 aromatic heterocycles. The van der Waals surface area contributed by atoms with E-state index in [2.05, 4.69) is 11.8 Å². The zero-order valence-corrected chi connectivity index (χ0v) is 11.6. The van der Waals surface area contributed by atoms with E-state index in [0.717, 1.165) is 0 Å². The van der Waals surface area contributed by atoms with Gasteiger partial charge < -0.3 is 9.84 Å². The largest absolute Gasteiger partial charge is 0.489 e. The van der Waals surface area contributed by atoms with Crippen molar-refractivity contribution in [1.29, 1.82) is 0 Å². The predicted octanol–water partition coefficient (Wildman–Crippen LogP) is 3.54. The first-order chi connectivity index (χ1) is 10.1. The lowest BCUT2D eigenvalue weighted by molar-refractivity contribution is 0.304. The van der Waals surface area contributed by atoms with Gasteiger partial charge in [-0.3, -0.25) is 0 Å². The molecule has 0 amide bonds. The van der Waals surface area contributed by atoms with Crippen molar-refractivity contribution in [3.05, 3.63) is 64.2 Å². The lowest BCUT2D eigenvalue weighted by Crippen LogP contribution is -1.98. The van der Waals surface area contributed by atoms with Gasteiger partial charge >= 0.3 is 0 Å². The van der Waals surface area contributed by atoms with Crippen LogP contribution >= 0.6 is 11.6 Å². The van der Waals surface area contributed by atoms with E-state index in [9.17, 15) is 8.78 Å². The summed E-state index contributed by atoms with van der Waals surface area (Å²) in [6, 6.07) is 7.88. The Morgan fingerprint density at radius 2 is 1.90 bits per heavy atom. The first-order valence-electron chi connectivity index (χ1n) is 6.05. The van der Waals surface area contributed by atoms with Crippen LogP contribution in [0.4, 0.5) is 8.78 Å². The number of hydrogen-bond donors (Lipinski definition) is 1. The Balaban J connectivity index is 2.16. The van der Waals surface area contributed by atoms with Crippen molar-refractivity contribution in [3.63, 3.8) is 0 Å². The maximum Gasteiger partial charge on any atom is 0.128 e. The van der Waals surface area contributed by atoms with Crippen LogP contribution in [0.25, 0.3) is 0 Å². The number of aliphatic hydroxyl groups excluding tert-OH is 1. The number of aliphatic hydroxyl groups is 1. The van der Waals surface area contributed by atoms with Crippen LogP contribution in [0, 0.1) is 23.5 Å². The van der Waals surface area contributed by atoms with E-state index >= 15 is 0 Å². The predicted molar refractivity (Wildman–Crippen MR) is 76.1 cm³/mol. The molecule has 0 atom stereocenters. The Hall–Kier alpha value is -2.09. The van der Waals surface area contributed by atoms with Crippen LogP contribution in [0.3, 0.4) is 0 Å². The molecule has 2 aromatic rings. The molecule has 0 spiro atoms. The molecule has 1 N–H and O–H groups in total. The van der Waals surface area contributed by atoms with Crippen molar-refractivity contribution >= 4 is 11.6 Å². The molecule has 2 rings (SSSR count). The highest BCUT2D eigenvalue weighted by molar-refractivity contribution is 6.31. The molecular weight excluding hydrogens is 298 g/mol. The standard InChI is InChI=1S/C16H11ClF2O2/c17-16-4-3-13(18)8-12(16)10-21-15-7-11(2-1-5-20)6-14(19)9-15/h3-4,6-9,20H,5,10H2. The molecule has 0 bridgehead atoms. The number of benzene rings is 2. The fraction of sp³-hybridized carbons (Fsp3) is 0.125. The molecule has 108 valence electrons. The second-order valence-electron chi connectivity index (χ2n) is 4.16. The molecule has 0 heterocycles.